The molecule has 0 aliphatic carbocycles. The summed E-state index contributed by atoms with van der Waals surface area (Å²) in [6, 6.07) is 24.3. The smallest absolute Gasteiger partial charge is 0.266 e. The van der Waals surface area contributed by atoms with Gasteiger partial charge in [-0.3, -0.25) is 9.69 Å². The summed E-state index contributed by atoms with van der Waals surface area (Å²) in [4.78, 5) is 23.2. The van der Waals surface area contributed by atoms with Crippen LogP contribution in [0.25, 0.3) is 11.6 Å². The van der Waals surface area contributed by atoms with E-state index >= 15 is 0 Å². The van der Waals surface area contributed by atoms with E-state index in [-0.39, 0.29) is 11.4 Å². The first kappa shape index (κ1) is 26.3. The molecule has 0 aromatic heterocycles. The molecule has 1 saturated heterocycles. The number of thioether (sulfide) groups is 1. The summed E-state index contributed by atoms with van der Waals surface area (Å²) in [5, 5.41) is 1.33. The monoisotopic (exact) mass is 541 g/mol. The minimum Gasteiger partial charge on any atom is -0.365 e. The van der Waals surface area contributed by atoms with Gasteiger partial charge < -0.3 is 4.90 Å². The van der Waals surface area contributed by atoms with Crippen molar-refractivity contribution in [3.63, 3.8) is 0 Å². The van der Waals surface area contributed by atoms with Crippen molar-refractivity contribution >= 4 is 57.5 Å². The molecule has 1 fully saturated rings. The van der Waals surface area contributed by atoms with Gasteiger partial charge in [-0.25, -0.2) is 4.99 Å². The molecule has 4 nitrogen and oxygen atoms in total. The summed E-state index contributed by atoms with van der Waals surface area (Å²) in [6.07, 6.45) is 5.94. The van der Waals surface area contributed by atoms with Crippen molar-refractivity contribution in [3.8, 4) is 0 Å². The molecule has 5 rings (SSSR count). The number of allylic oxidation sites excluding steroid dienone is 1. The molecule has 0 N–H and O–H groups in total. The van der Waals surface area contributed by atoms with E-state index in [1.54, 1.807) is 4.90 Å². The third-order valence-electron chi connectivity index (χ3n) is 7.18. The lowest BCUT2D eigenvalue weighted by atomic mass is 9.88. The van der Waals surface area contributed by atoms with Gasteiger partial charge in [0.1, 0.15) is 0 Å². The molecular weight excluding hydrogens is 510 g/mol. The van der Waals surface area contributed by atoms with Crippen molar-refractivity contribution in [1.82, 2.24) is 4.90 Å². The maximum Gasteiger partial charge on any atom is 0.266 e. The Morgan fingerprint density at radius 1 is 1.03 bits per heavy atom. The second-order valence-electron chi connectivity index (χ2n) is 10.3. The summed E-state index contributed by atoms with van der Waals surface area (Å²) < 4.78 is 0. The molecule has 6 heteroatoms. The molecule has 0 atom stereocenters. The second kappa shape index (κ2) is 10.8. The highest BCUT2D eigenvalue weighted by Crippen LogP contribution is 2.42. The van der Waals surface area contributed by atoms with Gasteiger partial charge in [-0.15, -0.1) is 0 Å². The zero-order chi connectivity index (χ0) is 26.9. The summed E-state index contributed by atoms with van der Waals surface area (Å²) in [5.41, 5.74) is 6.28. The van der Waals surface area contributed by atoms with E-state index in [0.29, 0.717) is 21.6 Å². The predicted molar refractivity (Wildman–Crippen MR) is 163 cm³/mol. The first-order valence-electron chi connectivity index (χ1n) is 12.9. The van der Waals surface area contributed by atoms with E-state index < -0.39 is 0 Å². The molecule has 3 aromatic rings. The van der Waals surface area contributed by atoms with E-state index in [9.17, 15) is 4.79 Å². The summed E-state index contributed by atoms with van der Waals surface area (Å²) in [7, 11) is 2.09. The highest BCUT2D eigenvalue weighted by Gasteiger charge is 2.34. The van der Waals surface area contributed by atoms with Crippen LogP contribution >= 0.6 is 23.4 Å². The number of hydrogen-bond donors (Lipinski definition) is 0. The number of amidine groups is 1. The third kappa shape index (κ3) is 5.45. The summed E-state index contributed by atoms with van der Waals surface area (Å²) in [6.45, 7) is 7.12. The Balaban J connectivity index is 1.46. The highest BCUT2D eigenvalue weighted by molar-refractivity contribution is 8.18. The van der Waals surface area contributed by atoms with Crippen LogP contribution in [0.2, 0.25) is 5.02 Å². The largest absolute Gasteiger partial charge is 0.365 e. The Kier molecular flexibility index (Phi) is 7.51. The first-order valence-corrected chi connectivity index (χ1v) is 14.1. The minimum atomic E-state index is -0.0965. The lowest BCUT2D eigenvalue weighted by Gasteiger charge is -2.40. The van der Waals surface area contributed by atoms with Gasteiger partial charge in [-0.05, 0) is 92.4 Å². The fraction of sp³-hybridized carbons (Fsp3) is 0.250. The molecule has 2 aliphatic heterocycles. The van der Waals surface area contributed by atoms with E-state index in [4.69, 9.17) is 16.6 Å². The standard InChI is InChI=1S/C32H32ClN3OS/c1-22-21-32(2,3)35(4)28-20-27(33)24(18-26(22)28)19-29-30(37)36(17-11-14-23-12-7-5-8-13-23)31(38-29)34-25-15-9-6-10-16-25/h5-10,12-13,15-16,18-21H,11,14,17H2,1-4H3/b29-19+,34-31?. The number of aryl methyl sites for hydroxylation is 1. The number of amides is 1. The van der Waals surface area contributed by atoms with Crippen molar-refractivity contribution in [2.24, 2.45) is 4.99 Å². The zero-order valence-corrected chi connectivity index (χ0v) is 23.8. The van der Waals surface area contributed by atoms with Crippen LogP contribution in [0.5, 0.6) is 0 Å². The number of hydrogen-bond acceptors (Lipinski definition) is 4. The third-order valence-corrected chi connectivity index (χ3v) is 8.51. The molecule has 2 aliphatic rings. The van der Waals surface area contributed by atoms with Crippen LogP contribution in [0.4, 0.5) is 11.4 Å². The zero-order valence-electron chi connectivity index (χ0n) is 22.2. The molecule has 0 saturated carbocycles. The van der Waals surface area contributed by atoms with Crippen LogP contribution in [0, 0.1) is 0 Å². The normalized spacial score (nSPS) is 18.8. The first-order chi connectivity index (χ1) is 18.2. The van der Waals surface area contributed by atoms with Gasteiger partial charge in [0, 0.05) is 29.9 Å². The quantitative estimate of drug-likeness (QED) is 0.295. The Morgan fingerprint density at radius 2 is 1.71 bits per heavy atom. The van der Waals surface area contributed by atoms with E-state index in [0.717, 1.165) is 35.3 Å². The average Bonchev–Trinajstić information content (AvgIpc) is 3.18. The van der Waals surface area contributed by atoms with Crippen LogP contribution in [0.1, 0.15) is 43.9 Å². The molecule has 2 heterocycles. The molecule has 38 heavy (non-hydrogen) atoms. The number of aliphatic imine (C=N–C) groups is 1. The van der Waals surface area contributed by atoms with Crippen molar-refractivity contribution in [2.75, 3.05) is 18.5 Å². The van der Waals surface area contributed by atoms with Gasteiger partial charge in [0.15, 0.2) is 5.17 Å². The number of carbonyl (C=O) groups excluding carboxylic acids is 1. The summed E-state index contributed by atoms with van der Waals surface area (Å²) in [5.74, 6) is -0.0305. The highest BCUT2D eigenvalue weighted by atomic mass is 35.5. The van der Waals surface area contributed by atoms with Gasteiger partial charge in [0.05, 0.1) is 16.1 Å². The number of rotatable bonds is 6. The SMILES string of the molecule is CC1=CC(C)(C)N(C)c2cc(Cl)c(/C=C3/SC(=Nc4ccccc4)N(CCCc4ccccc4)C3=O)cc21. The number of nitrogens with zero attached hydrogens (tertiary/aromatic N) is 3. The van der Waals surface area contributed by atoms with Crippen molar-refractivity contribution in [1.29, 1.82) is 0 Å². The van der Waals surface area contributed by atoms with Gasteiger partial charge in [-0.2, -0.15) is 0 Å². The van der Waals surface area contributed by atoms with Crippen molar-refractivity contribution in [3.05, 3.63) is 105 Å². The van der Waals surface area contributed by atoms with Crippen LogP contribution in [0.3, 0.4) is 0 Å². The molecule has 0 unspecified atom stereocenters. The molecule has 0 bridgehead atoms. The van der Waals surface area contributed by atoms with Gasteiger partial charge >= 0.3 is 0 Å². The molecular formula is C32H32ClN3OS. The number of likely N-dealkylation sites (N-methyl/N-ethyl adjacent to an activating group) is 1. The fourth-order valence-corrected chi connectivity index (χ4v) is 6.16. The maximum atomic E-state index is 13.6. The number of carbonyl (C=O) groups is 1. The molecule has 0 radical (unpaired) electrons. The van der Waals surface area contributed by atoms with Gasteiger partial charge in [0.2, 0.25) is 0 Å². The van der Waals surface area contributed by atoms with Crippen molar-refractivity contribution < 1.29 is 4.79 Å². The topological polar surface area (TPSA) is 35.9 Å². The maximum absolute atomic E-state index is 13.6. The van der Waals surface area contributed by atoms with E-state index in [2.05, 4.69) is 57.0 Å². The van der Waals surface area contributed by atoms with Gasteiger partial charge in [0.25, 0.3) is 5.91 Å². The number of fused-ring (bicyclic) bond motifs is 1. The number of anilines is 1. The van der Waals surface area contributed by atoms with Gasteiger partial charge in [-0.1, -0.05) is 66.2 Å². The number of halogens is 1. The summed E-state index contributed by atoms with van der Waals surface area (Å²) >= 11 is 8.21. The lowest BCUT2D eigenvalue weighted by Crippen LogP contribution is -2.42. The second-order valence-corrected chi connectivity index (χ2v) is 11.7. The average molecular weight is 542 g/mol. The Bertz CT molecular complexity index is 1440. The van der Waals surface area contributed by atoms with E-state index in [1.165, 1.54) is 22.9 Å². The van der Waals surface area contributed by atoms with E-state index in [1.807, 2.05) is 60.7 Å². The Hall–Kier alpha value is -3.28. The molecule has 3 aromatic carbocycles. The van der Waals surface area contributed by atoms with Crippen molar-refractivity contribution in [2.45, 2.75) is 39.2 Å². The number of para-hydroxylation sites is 1. The molecule has 0 spiro atoms. The molecule has 1 amide bonds. The van der Waals surface area contributed by atoms with Crippen LogP contribution in [0.15, 0.2) is 88.8 Å². The number of benzene rings is 3. The predicted octanol–water partition coefficient (Wildman–Crippen LogP) is 8.21. The fourth-order valence-electron chi connectivity index (χ4n) is 4.93. The Labute approximate surface area is 234 Å². The van der Waals surface area contributed by atoms with Crippen LogP contribution < -0.4 is 4.90 Å². The Morgan fingerprint density at radius 3 is 2.42 bits per heavy atom. The van der Waals surface area contributed by atoms with Crippen LogP contribution in [-0.2, 0) is 11.2 Å². The molecule has 194 valence electrons. The van der Waals surface area contributed by atoms with Crippen LogP contribution in [-0.4, -0.2) is 35.1 Å². The minimum absolute atomic E-state index is 0.0305. The lowest BCUT2D eigenvalue weighted by molar-refractivity contribution is -0.122.